The first-order chi connectivity index (χ1) is 13.8. The topological polar surface area (TPSA) is 30.2 Å². The van der Waals surface area contributed by atoms with E-state index in [0.29, 0.717) is 0 Å². The van der Waals surface area contributed by atoms with Gasteiger partial charge in [0.2, 0.25) is 0 Å². The Hall–Kier alpha value is -3.20. The second-order valence-electron chi connectivity index (χ2n) is 7.87. The number of benzene rings is 3. The minimum Gasteiger partial charge on any atom is -0.274 e. The first-order valence-corrected chi connectivity index (χ1v) is 10.1. The molecule has 0 N–H and O–H groups in total. The Morgan fingerprint density at radius 2 is 1.50 bits per heavy atom. The fraction of sp³-hybridized carbons (Fsp3) is 0.200. The minimum atomic E-state index is 0.953. The summed E-state index contributed by atoms with van der Waals surface area (Å²) in [6.07, 6.45) is 3.53. The molecule has 136 valence electrons. The van der Waals surface area contributed by atoms with Crippen molar-refractivity contribution in [2.24, 2.45) is 0 Å². The number of fused-ring (bicyclic) bond motifs is 6. The molecule has 0 aliphatic heterocycles. The molecule has 0 aliphatic carbocycles. The van der Waals surface area contributed by atoms with Gasteiger partial charge in [0.15, 0.2) is 11.3 Å². The van der Waals surface area contributed by atoms with Gasteiger partial charge in [-0.05, 0) is 53.8 Å². The molecule has 3 heterocycles. The Balaban J connectivity index is 1.96. The van der Waals surface area contributed by atoms with Crippen molar-refractivity contribution in [1.82, 2.24) is 14.6 Å². The van der Waals surface area contributed by atoms with Crippen LogP contribution in [-0.2, 0) is 6.42 Å². The van der Waals surface area contributed by atoms with E-state index in [0.717, 1.165) is 17.7 Å². The Labute approximate surface area is 162 Å². The van der Waals surface area contributed by atoms with Gasteiger partial charge in [0.05, 0.1) is 5.52 Å². The Morgan fingerprint density at radius 3 is 2.32 bits per heavy atom. The van der Waals surface area contributed by atoms with Gasteiger partial charge in [-0.2, -0.15) is 0 Å². The van der Waals surface area contributed by atoms with E-state index in [1.165, 1.54) is 61.8 Å². The van der Waals surface area contributed by atoms with Crippen LogP contribution in [0.1, 0.15) is 30.9 Å². The maximum absolute atomic E-state index is 4.65. The van der Waals surface area contributed by atoms with Crippen molar-refractivity contribution in [1.29, 1.82) is 0 Å². The maximum atomic E-state index is 4.65. The Bertz CT molecular complexity index is 1510. The van der Waals surface area contributed by atoms with Gasteiger partial charge in [-0.25, -0.2) is 0 Å². The summed E-state index contributed by atoms with van der Waals surface area (Å²) in [7, 11) is 0. The number of hydrogen-bond acceptors (Lipinski definition) is 2. The van der Waals surface area contributed by atoms with Crippen molar-refractivity contribution >= 4 is 49.1 Å². The summed E-state index contributed by atoms with van der Waals surface area (Å²) in [5.41, 5.74) is 5.82. The molecule has 3 nitrogen and oxygen atoms in total. The molecular weight excluding hydrogens is 342 g/mol. The molecular formula is C25H21N3. The van der Waals surface area contributed by atoms with Crippen LogP contribution in [-0.4, -0.2) is 14.6 Å². The number of unbranched alkanes of at least 4 members (excludes halogenated alkanes) is 1. The lowest BCUT2D eigenvalue weighted by molar-refractivity contribution is 0.796. The molecule has 6 aromatic rings. The number of rotatable bonds is 3. The lowest BCUT2D eigenvalue weighted by Crippen LogP contribution is -1.98. The van der Waals surface area contributed by atoms with Crippen LogP contribution in [0.4, 0.5) is 0 Å². The van der Waals surface area contributed by atoms with Crippen LogP contribution < -0.4 is 0 Å². The van der Waals surface area contributed by atoms with Gasteiger partial charge >= 0.3 is 0 Å². The smallest absolute Gasteiger partial charge is 0.169 e. The molecule has 0 atom stereocenters. The number of hydrogen-bond donors (Lipinski definition) is 0. The van der Waals surface area contributed by atoms with Crippen molar-refractivity contribution in [2.75, 3.05) is 0 Å². The van der Waals surface area contributed by atoms with Crippen molar-refractivity contribution in [2.45, 2.75) is 33.1 Å². The van der Waals surface area contributed by atoms with E-state index in [-0.39, 0.29) is 0 Å². The Kier molecular flexibility index (Phi) is 3.19. The van der Waals surface area contributed by atoms with Crippen LogP contribution in [0.5, 0.6) is 0 Å². The summed E-state index contributed by atoms with van der Waals surface area (Å²) >= 11 is 0. The molecule has 0 spiro atoms. The lowest BCUT2D eigenvalue weighted by atomic mass is 9.94. The number of aryl methyl sites for hydroxylation is 2. The highest BCUT2D eigenvalue weighted by Gasteiger charge is 2.20. The van der Waals surface area contributed by atoms with Crippen LogP contribution >= 0.6 is 0 Å². The average molecular weight is 363 g/mol. The number of pyridine rings is 2. The molecule has 3 heteroatoms. The zero-order valence-corrected chi connectivity index (χ0v) is 16.2. The second kappa shape index (κ2) is 5.65. The highest BCUT2D eigenvalue weighted by molar-refractivity contribution is 6.24. The van der Waals surface area contributed by atoms with Gasteiger partial charge in [-0.1, -0.05) is 55.8 Å². The minimum absolute atomic E-state index is 0.953. The monoisotopic (exact) mass is 363 g/mol. The predicted octanol–water partition coefficient (Wildman–Crippen LogP) is 6.43. The summed E-state index contributed by atoms with van der Waals surface area (Å²) < 4.78 is 2.28. The van der Waals surface area contributed by atoms with E-state index in [4.69, 9.17) is 0 Å². The molecule has 0 radical (unpaired) electrons. The largest absolute Gasteiger partial charge is 0.274 e. The Morgan fingerprint density at radius 1 is 0.786 bits per heavy atom. The molecule has 0 saturated heterocycles. The summed E-state index contributed by atoms with van der Waals surface area (Å²) in [6.45, 7) is 4.43. The van der Waals surface area contributed by atoms with Gasteiger partial charge in [0.25, 0.3) is 0 Å². The van der Waals surface area contributed by atoms with Crippen molar-refractivity contribution in [3.05, 3.63) is 65.7 Å². The van der Waals surface area contributed by atoms with Crippen LogP contribution in [0, 0.1) is 6.92 Å². The fourth-order valence-electron chi connectivity index (χ4n) is 4.81. The third-order valence-corrected chi connectivity index (χ3v) is 6.12. The maximum Gasteiger partial charge on any atom is 0.169 e. The van der Waals surface area contributed by atoms with Crippen LogP contribution in [0.25, 0.3) is 49.1 Å². The molecule has 3 aromatic carbocycles. The summed E-state index contributed by atoms with van der Waals surface area (Å²) in [6, 6.07) is 20.0. The highest BCUT2D eigenvalue weighted by atomic mass is 15.2. The van der Waals surface area contributed by atoms with Crippen molar-refractivity contribution in [3.63, 3.8) is 0 Å². The van der Waals surface area contributed by atoms with Gasteiger partial charge in [0, 0.05) is 21.5 Å². The first-order valence-electron chi connectivity index (χ1n) is 10.1. The molecule has 28 heavy (non-hydrogen) atoms. The van der Waals surface area contributed by atoms with Crippen LogP contribution in [0.15, 0.2) is 54.6 Å². The van der Waals surface area contributed by atoms with E-state index in [1.54, 1.807) is 0 Å². The normalized spacial score (nSPS) is 12.4. The lowest BCUT2D eigenvalue weighted by Gasteiger charge is -2.16. The van der Waals surface area contributed by atoms with Gasteiger partial charge < -0.3 is 0 Å². The molecule has 0 amide bonds. The van der Waals surface area contributed by atoms with Gasteiger partial charge in [-0.15, -0.1) is 10.2 Å². The molecule has 0 saturated carbocycles. The first kappa shape index (κ1) is 15.8. The third kappa shape index (κ3) is 1.94. The zero-order valence-electron chi connectivity index (χ0n) is 16.2. The second-order valence-corrected chi connectivity index (χ2v) is 7.87. The molecule has 6 rings (SSSR count). The summed E-state index contributed by atoms with van der Waals surface area (Å²) in [4.78, 5) is 0. The summed E-state index contributed by atoms with van der Waals surface area (Å²) in [5, 5.41) is 16.8. The molecule has 0 fully saturated rings. The third-order valence-electron chi connectivity index (χ3n) is 6.12. The summed E-state index contributed by atoms with van der Waals surface area (Å²) in [5.74, 6) is 0. The predicted molar refractivity (Wildman–Crippen MR) is 118 cm³/mol. The van der Waals surface area contributed by atoms with Crippen LogP contribution in [0.2, 0.25) is 0 Å². The zero-order chi connectivity index (χ0) is 18.8. The molecule has 0 aliphatic rings. The SMILES string of the molecule is CCCCc1cc2c3ccccc3c3nnc4c5c(C)cccc5c(c1)c2n34. The molecule has 0 bridgehead atoms. The quantitative estimate of drug-likeness (QED) is 0.268. The van der Waals surface area contributed by atoms with Crippen molar-refractivity contribution in [3.8, 4) is 0 Å². The standard InChI is InChI=1S/C25H21N3/c1-3-4-9-16-13-20-17-10-5-6-11-19(17)24-26-27-25-22-15(2)8-7-12-18(22)21(14-16)23(20)28(24)25/h5-8,10-14H,3-4,9H2,1-2H3. The molecule has 3 aromatic heterocycles. The fourth-order valence-corrected chi connectivity index (χ4v) is 4.81. The molecule has 0 unspecified atom stereocenters. The van der Waals surface area contributed by atoms with Crippen LogP contribution in [0.3, 0.4) is 0 Å². The van der Waals surface area contributed by atoms with Crippen molar-refractivity contribution < 1.29 is 0 Å². The van der Waals surface area contributed by atoms with Gasteiger partial charge in [0.1, 0.15) is 0 Å². The van der Waals surface area contributed by atoms with E-state index in [2.05, 4.69) is 83.0 Å². The van der Waals surface area contributed by atoms with E-state index in [1.807, 2.05) is 0 Å². The van der Waals surface area contributed by atoms with E-state index >= 15 is 0 Å². The van der Waals surface area contributed by atoms with E-state index in [9.17, 15) is 0 Å². The number of aromatic nitrogens is 3. The average Bonchev–Trinajstić information content (AvgIpc) is 3.17. The van der Waals surface area contributed by atoms with Gasteiger partial charge in [-0.3, -0.25) is 4.40 Å². The highest BCUT2D eigenvalue weighted by Crippen LogP contribution is 2.39. The number of nitrogens with zero attached hydrogens (tertiary/aromatic N) is 3. The van der Waals surface area contributed by atoms with E-state index < -0.39 is 0 Å².